The minimum Gasteiger partial charge on any atom is -0.368 e. The summed E-state index contributed by atoms with van der Waals surface area (Å²) in [6, 6.07) is 13.1. The first-order chi connectivity index (χ1) is 13.2. The molecule has 0 aromatic heterocycles. The number of nitrogens with zero attached hydrogens (tertiary/aromatic N) is 2. The molecular formula is C22H26FN3O2. The van der Waals surface area contributed by atoms with E-state index in [1.807, 2.05) is 49.9 Å². The third-order valence-electron chi connectivity index (χ3n) is 4.81. The van der Waals surface area contributed by atoms with Gasteiger partial charge in [-0.3, -0.25) is 9.59 Å². The van der Waals surface area contributed by atoms with Crippen LogP contribution in [0.4, 0.5) is 15.8 Å². The molecule has 28 heavy (non-hydrogen) atoms. The van der Waals surface area contributed by atoms with Gasteiger partial charge in [0.1, 0.15) is 5.82 Å². The number of anilines is 2. The number of amides is 2. The van der Waals surface area contributed by atoms with E-state index < -0.39 is 0 Å². The van der Waals surface area contributed by atoms with Crippen LogP contribution in [0.3, 0.4) is 0 Å². The van der Waals surface area contributed by atoms with Gasteiger partial charge in [0.25, 0.3) is 5.91 Å². The van der Waals surface area contributed by atoms with Crippen LogP contribution in [-0.4, -0.2) is 42.9 Å². The summed E-state index contributed by atoms with van der Waals surface area (Å²) in [4.78, 5) is 28.8. The second kappa shape index (κ2) is 8.00. The molecule has 0 unspecified atom stereocenters. The van der Waals surface area contributed by atoms with Gasteiger partial charge in [-0.15, -0.1) is 0 Å². The summed E-state index contributed by atoms with van der Waals surface area (Å²) in [7, 11) is 0. The summed E-state index contributed by atoms with van der Waals surface area (Å²) in [6.45, 7) is 8.81. The Bertz CT molecular complexity index is 834. The number of carbonyl (C=O) groups is 2. The molecule has 0 saturated carbocycles. The molecule has 0 aliphatic carbocycles. The fourth-order valence-corrected chi connectivity index (χ4v) is 3.20. The Morgan fingerprint density at radius 2 is 1.46 bits per heavy atom. The van der Waals surface area contributed by atoms with Crippen molar-refractivity contribution in [1.82, 2.24) is 4.90 Å². The highest BCUT2D eigenvalue weighted by Crippen LogP contribution is 2.23. The normalized spacial score (nSPS) is 14.7. The van der Waals surface area contributed by atoms with Crippen molar-refractivity contribution in [2.75, 3.05) is 36.4 Å². The Hall–Kier alpha value is -2.89. The first kappa shape index (κ1) is 19.9. The largest absolute Gasteiger partial charge is 0.368 e. The molecule has 148 valence electrons. The average molecular weight is 383 g/mol. The second-order valence-electron chi connectivity index (χ2n) is 8.04. The van der Waals surface area contributed by atoms with Crippen molar-refractivity contribution in [2.24, 2.45) is 5.41 Å². The number of rotatable bonds is 3. The van der Waals surface area contributed by atoms with E-state index in [1.54, 1.807) is 0 Å². The Labute approximate surface area is 165 Å². The fraction of sp³-hybridized carbons (Fsp3) is 0.364. The predicted molar refractivity (Wildman–Crippen MR) is 109 cm³/mol. The zero-order valence-corrected chi connectivity index (χ0v) is 16.5. The lowest BCUT2D eigenvalue weighted by atomic mass is 9.94. The molecule has 3 rings (SSSR count). The molecule has 0 atom stereocenters. The summed E-state index contributed by atoms with van der Waals surface area (Å²) in [5.41, 5.74) is 1.79. The molecule has 1 heterocycles. The van der Waals surface area contributed by atoms with Crippen LogP contribution in [0.5, 0.6) is 0 Å². The minimum atomic E-state index is -0.370. The number of carbonyl (C=O) groups excluding carboxylic acids is 2. The smallest absolute Gasteiger partial charge is 0.255 e. The molecule has 5 nitrogen and oxygen atoms in total. The Morgan fingerprint density at radius 3 is 2.00 bits per heavy atom. The van der Waals surface area contributed by atoms with Crippen LogP contribution in [0.2, 0.25) is 0 Å². The zero-order chi connectivity index (χ0) is 20.3. The quantitative estimate of drug-likeness (QED) is 0.878. The predicted octanol–water partition coefficient (Wildman–Crippen LogP) is 3.77. The third kappa shape index (κ3) is 4.68. The number of hydrogen-bond donors (Lipinski definition) is 1. The van der Waals surface area contributed by atoms with E-state index >= 15 is 0 Å². The summed E-state index contributed by atoms with van der Waals surface area (Å²) >= 11 is 0. The van der Waals surface area contributed by atoms with Crippen molar-refractivity contribution in [3.8, 4) is 0 Å². The molecule has 1 aliphatic rings. The van der Waals surface area contributed by atoms with Gasteiger partial charge in [0, 0.05) is 48.5 Å². The average Bonchev–Trinajstić information content (AvgIpc) is 2.68. The van der Waals surface area contributed by atoms with E-state index in [0.29, 0.717) is 24.3 Å². The number of nitrogens with one attached hydrogen (secondary N) is 1. The molecule has 1 fully saturated rings. The Balaban J connectivity index is 1.57. The van der Waals surface area contributed by atoms with Gasteiger partial charge in [-0.25, -0.2) is 4.39 Å². The Morgan fingerprint density at radius 1 is 0.893 bits per heavy atom. The van der Waals surface area contributed by atoms with E-state index in [1.165, 1.54) is 24.3 Å². The second-order valence-corrected chi connectivity index (χ2v) is 8.04. The SMILES string of the molecule is CC(C)(C)C(=O)N1CCN(c2ccc(NC(=O)c3ccc(F)cc3)cc2)CC1. The lowest BCUT2D eigenvalue weighted by Gasteiger charge is -2.38. The topological polar surface area (TPSA) is 52.7 Å². The first-order valence-corrected chi connectivity index (χ1v) is 9.45. The fourth-order valence-electron chi connectivity index (χ4n) is 3.20. The monoisotopic (exact) mass is 383 g/mol. The van der Waals surface area contributed by atoms with Crippen molar-refractivity contribution >= 4 is 23.2 Å². The van der Waals surface area contributed by atoms with Crippen molar-refractivity contribution in [3.63, 3.8) is 0 Å². The maximum Gasteiger partial charge on any atom is 0.255 e. The van der Waals surface area contributed by atoms with Crippen molar-refractivity contribution in [2.45, 2.75) is 20.8 Å². The van der Waals surface area contributed by atoms with Crippen molar-refractivity contribution < 1.29 is 14.0 Å². The van der Waals surface area contributed by atoms with Crippen molar-refractivity contribution in [1.29, 1.82) is 0 Å². The van der Waals surface area contributed by atoms with E-state index in [0.717, 1.165) is 18.8 Å². The number of halogens is 1. The van der Waals surface area contributed by atoms with Crippen LogP contribution in [0.1, 0.15) is 31.1 Å². The maximum atomic E-state index is 13.0. The summed E-state index contributed by atoms with van der Waals surface area (Å²) in [5, 5.41) is 2.81. The molecule has 2 aromatic rings. The molecule has 6 heteroatoms. The highest BCUT2D eigenvalue weighted by atomic mass is 19.1. The Kier molecular flexibility index (Phi) is 5.68. The van der Waals surface area contributed by atoms with Crippen LogP contribution in [0, 0.1) is 11.2 Å². The summed E-state index contributed by atoms with van der Waals surface area (Å²) in [6.07, 6.45) is 0. The van der Waals surface area contributed by atoms with Gasteiger partial charge in [-0.1, -0.05) is 20.8 Å². The van der Waals surface area contributed by atoms with Crippen LogP contribution < -0.4 is 10.2 Å². The number of benzene rings is 2. The third-order valence-corrected chi connectivity index (χ3v) is 4.81. The lowest BCUT2D eigenvalue weighted by Crippen LogP contribution is -2.51. The molecule has 1 N–H and O–H groups in total. The van der Waals surface area contributed by atoms with Crippen molar-refractivity contribution in [3.05, 3.63) is 59.9 Å². The van der Waals surface area contributed by atoms with Crippen LogP contribution in [0.25, 0.3) is 0 Å². The van der Waals surface area contributed by atoms with E-state index in [-0.39, 0.29) is 23.0 Å². The van der Waals surface area contributed by atoms with E-state index in [2.05, 4.69) is 10.2 Å². The first-order valence-electron chi connectivity index (χ1n) is 9.45. The summed E-state index contributed by atoms with van der Waals surface area (Å²) < 4.78 is 13.0. The lowest BCUT2D eigenvalue weighted by molar-refractivity contribution is -0.139. The highest BCUT2D eigenvalue weighted by Gasteiger charge is 2.29. The number of piperazine rings is 1. The van der Waals surface area contributed by atoms with Gasteiger partial charge in [0.2, 0.25) is 5.91 Å². The van der Waals surface area contributed by atoms with Gasteiger partial charge in [0.15, 0.2) is 0 Å². The van der Waals surface area contributed by atoms with E-state index in [9.17, 15) is 14.0 Å². The van der Waals surface area contributed by atoms with Gasteiger partial charge in [-0.05, 0) is 48.5 Å². The zero-order valence-electron chi connectivity index (χ0n) is 16.5. The standard InChI is InChI=1S/C22H26FN3O2/c1-22(2,3)21(28)26-14-12-25(13-15-26)19-10-8-18(9-11-19)24-20(27)16-4-6-17(23)7-5-16/h4-11H,12-15H2,1-3H3,(H,24,27). The molecule has 2 aromatic carbocycles. The summed E-state index contributed by atoms with van der Waals surface area (Å²) in [5.74, 6) is -0.460. The number of hydrogen-bond acceptors (Lipinski definition) is 3. The van der Waals surface area contributed by atoms with Crippen LogP contribution >= 0.6 is 0 Å². The van der Waals surface area contributed by atoms with E-state index in [4.69, 9.17) is 0 Å². The molecular weight excluding hydrogens is 357 g/mol. The van der Waals surface area contributed by atoms with Gasteiger partial charge < -0.3 is 15.1 Å². The highest BCUT2D eigenvalue weighted by molar-refractivity contribution is 6.04. The molecule has 1 saturated heterocycles. The molecule has 0 spiro atoms. The van der Waals surface area contributed by atoms with Gasteiger partial charge in [-0.2, -0.15) is 0 Å². The van der Waals surface area contributed by atoms with Gasteiger partial charge >= 0.3 is 0 Å². The van der Waals surface area contributed by atoms with Gasteiger partial charge in [0.05, 0.1) is 0 Å². The molecule has 1 aliphatic heterocycles. The molecule has 0 radical (unpaired) electrons. The van der Waals surface area contributed by atoms with Crippen LogP contribution in [-0.2, 0) is 4.79 Å². The minimum absolute atomic E-state index is 0.186. The van der Waals surface area contributed by atoms with Crippen LogP contribution in [0.15, 0.2) is 48.5 Å². The maximum absolute atomic E-state index is 13.0. The molecule has 2 amide bonds. The molecule has 0 bridgehead atoms.